The Morgan fingerprint density at radius 1 is 1.24 bits per heavy atom. The molecule has 1 unspecified atom stereocenters. The van der Waals surface area contributed by atoms with Gasteiger partial charge < -0.3 is 10.2 Å². The Kier molecular flexibility index (Phi) is 4.15. The van der Waals surface area contributed by atoms with Crippen LogP contribution in [0.1, 0.15) is 18.9 Å². The minimum absolute atomic E-state index is 0.0297. The molecule has 1 heterocycles. The zero-order valence-corrected chi connectivity index (χ0v) is 10.3. The monoisotopic (exact) mass is 235 g/mol. The maximum absolute atomic E-state index is 9.26. The summed E-state index contributed by atoms with van der Waals surface area (Å²) < 4.78 is 0. The number of hydrogen-bond donors (Lipinski definition) is 2. The second-order valence-corrected chi connectivity index (χ2v) is 4.93. The third-order valence-electron chi connectivity index (χ3n) is 3.69. The van der Waals surface area contributed by atoms with Gasteiger partial charge in [-0.05, 0) is 17.9 Å². The van der Waals surface area contributed by atoms with Crippen molar-refractivity contribution in [2.75, 3.05) is 13.1 Å². The normalized spacial score (nSPS) is 19.3. The summed E-state index contributed by atoms with van der Waals surface area (Å²) in [6, 6.07) is 10.4. The van der Waals surface area contributed by atoms with Crippen molar-refractivity contribution in [2.24, 2.45) is 11.8 Å². The van der Waals surface area contributed by atoms with Gasteiger partial charge in [-0.15, -0.1) is 0 Å². The Morgan fingerprint density at radius 2 is 1.88 bits per heavy atom. The molecule has 0 amide bonds. The molecule has 94 valence electrons. The maximum atomic E-state index is 9.26. The number of nitrogens with zero attached hydrogens (tertiary/aromatic N) is 1. The maximum Gasteiger partial charge on any atom is 0.154 e. The Bertz CT molecular complexity index is 333. The highest BCUT2D eigenvalue weighted by atomic mass is 16.5. The van der Waals surface area contributed by atoms with Crippen LogP contribution < -0.4 is 0 Å². The van der Waals surface area contributed by atoms with Gasteiger partial charge in [0.2, 0.25) is 0 Å². The molecule has 17 heavy (non-hydrogen) atoms. The fourth-order valence-electron chi connectivity index (χ4n) is 2.64. The van der Waals surface area contributed by atoms with Crippen LogP contribution in [0, 0.1) is 11.8 Å². The number of aliphatic hydroxyl groups excluding tert-OH is 1. The topological polar surface area (TPSA) is 43.7 Å². The summed E-state index contributed by atoms with van der Waals surface area (Å²) in [5.41, 5.74) is 1.32. The lowest BCUT2D eigenvalue weighted by molar-refractivity contribution is -0.124. The van der Waals surface area contributed by atoms with Gasteiger partial charge in [0.25, 0.3) is 0 Å². The number of rotatable bonds is 5. The average molecular weight is 235 g/mol. The van der Waals surface area contributed by atoms with E-state index in [1.165, 1.54) is 5.56 Å². The highest BCUT2D eigenvalue weighted by Gasteiger charge is 2.35. The van der Waals surface area contributed by atoms with E-state index in [9.17, 15) is 10.2 Å². The van der Waals surface area contributed by atoms with E-state index in [-0.39, 0.29) is 5.92 Å². The van der Waals surface area contributed by atoms with E-state index in [0.717, 1.165) is 26.1 Å². The van der Waals surface area contributed by atoms with Crippen molar-refractivity contribution >= 4 is 0 Å². The Labute approximate surface area is 103 Å². The van der Waals surface area contributed by atoms with E-state index in [0.29, 0.717) is 5.92 Å². The summed E-state index contributed by atoms with van der Waals surface area (Å²) in [4.78, 5) is 2.35. The highest BCUT2D eigenvalue weighted by molar-refractivity contribution is 5.14. The molecule has 0 aromatic heterocycles. The van der Waals surface area contributed by atoms with E-state index in [4.69, 9.17) is 0 Å². The molecule has 0 spiro atoms. The van der Waals surface area contributed by atoms with Crippen LogP contribution in [0.4, 0.5) is 0 Å². The fraction of sp³-hybridized carbons (Fsp3) is 0.571. The zero-order chi connectivity index (χ0) is 12.3. The van der Waals surface area contributed by atoms with E-state index in [2.05, 4.69) is 29.2 Å². The number of benzene rings is 1. The number of aliphatic hydroxyl groups is 2. The van der Waals surface area contributed by atoms with Crippen LogP contribution in [0.2, 0.25) is 0 Å². The lowest BCUT2D eigenvalue weighted by Gasteiger charge is -2.43. The van der Waals surface area contributed by atoms with Gasteiger partial charge in [-0.2, -0.15) is 0 Å². The summed E-state index contributed by atoms with van der Waals surface area (Å²) in [6.07, 6.45) is -0.328. The standard InChI is InChI=1S/C14H21NO2/c1-2-13(14(16)17)12-9-15(10-12)8-11-6-4-3-5-7-11/h3-7,12-14,16-17H,2,8-10H2,1H3. The summed E-state index contributed by atoms with van der Waals surface area (Å²) in [7, 11) is 0. The van der Waals surface area contributed by atoms with Crippen molar-refractivity contribution in [3.8, 4) is 0 Å². The smallest absolute Gasteiger partial charge is 0.154 e. The molecule has 2 N–H and O–H groups in total. The number of likely N-dealkylation sites (tertiary alicyclic amines) is 1. The summed E-state index contributed by atoms with van der Waals surface area (Å²) in [6.45, 7) is 4.94. The molecule has 3 nitrogen and oxygen atoms in total. The molecule has 0 saturated carbocycles. The molecule has 2 rings (SSSR count). The molecular weight excluding hydrogens is 214 g/mol. The molecule has 1 aromatic rings. The quantitative estimate of drug-likeness (QED) is 0.759. The Balaban J connectivity index is 1.79. The van der Waals surface area contributed by atoms with Crippen LogP contribution in [0.3, 0.4) is 0 Å². The van der Waals surface area contributed by atoms with Crippen LogP contribution in [0.5, 0.6) is 0 Å². The third-order valence-corrected chi connectivity index (χ3v) is 3.69. The molecule has 1 aliphatic rings. The first kappa shape index (κ1) is 12.6. The molecule has 1 aliphatic heterocycles. The van der Waals surface area contributed by atoms with E-state index in [1.807, 2.05) is 13.0 Å². The lowest BCUT2D eigenvalue weighted by atomic mass is 9.83. The molecule has 1 saturated heterocycles. The fourth-order valence-corrected chi connectivity index (χ4v) is 2.64. The summed E-state index contributed by atoms with van der Waals surface area (Å²) in [5, 5.41) is 18.5. The largest absolute Gasteiger partial charge is 0.368 e. The SMILES string of the molecule is CCC(C(O)O)C1CN(Cc2ccccc2)C1. The van der Waals surface area contributed by atoms with Crippen molar-refractivity contribution in [3.05, 3.63) is 35.9 Å². The van der Waals surface area contributed by atoms with Crippen LogP contribution in [-0.2, 0) is 6.54 Å². The van der Waals surface area contributed by atoms with Crippen molar-refractivity contribution < 1.29 is 10.2 Å². The predicted molar refractivity (Wildman–Crippen MR) is 67.2 cm³/mol. The minimum atomic E-state index is -1.16. The van der Waals surface area contributed by atoms with Gasteiger partial charge in [-0.3, -0.25) is 4.90 Å². The van der Waals surface area contributed by atoms with Crippen LogP contribution in [0.25, 0.3) is 0 Å². The van der Waals surface area contributed by atoms with Gasteiger partial charge in [0.05, 0.1) is 0 Å². The third kappa shape index (κ3) is 3.06. The van der Waals surface area contributed by atoms with Gasteiger partial charge in [0, 0.05) is 25.6 Å². The minimum Gasteiger partial charge on any atom is -0.368 e. The van der Waals surface area contributed by atoms with Gasteiger partial charge in [0.1, 0.15) is 0 Å². The van der Waals surface area contributed by atoms with Crippen molar-refractivity contribution in [1.82, 2.24) is 4.90 Å². The molecular formula is C14H21NO2. The second-order valence-electron chi connectivity index (χ2n) is 4.93. The van der Waals surface area contributed by atoms with Crippen molar-refractivity contribution in [3.63, 3.8) is 0 Å². The van der Waals surface area contributed by atoms with Crippen molar-refractivity contribution in [1.29, 1.82) is 0 Å². The Hall–Kier alpha value is -0.900. The molecule has 1 fully saturated rings. The Morgan fingerprint density at radius 3 is 2.41 bits per heavy atom. The van der Waals surface area contributed by atoms with E-state index >= 15 is 0 Å². The molecule has 3 heteroatoms. The van der Waals surface area contributed by atoms with Gasteiger partial charge in [-0.1, -0.05) is 37.3 Å². The first-order valence-corrected chi connectivity index (χ1v) is 6.33. The second kappa shape index (κ2) is 5.63. The van der Waals surface area contributed by atoms with Gasteiger partial charge >= 0.3 is 0 Å². The summed E-state index contributed by atoms with van der Waals surface area (Å²) >= 11 is 0. The van der Waals surface area contributed by atoms with Crippen LogP contribution >= 0.6 is 0 Å². The molecule has 1 aromatic carbocycles. The van der Waals surface area contributed by atoms with Gasteiger partial charge in [0.15, 0.2) is 6.29 Å². The zero-order valence-electron chi connectivity index (χ0n) is 10.3. The average Bonchev–Trinajstić information content (AvgIpc) is 2.27. The molecule has 0 bridgehead atoms. The molecule has 1 atom stereocenters. The predicted octanol–water partition coefficient (Wildman–Crippen LogP) is 1.46. The number of hydrogen-bond acceptors (Lipinski definition) is 3. The first-order valence-electron chi connectivity index (χ1n) is 6.33. The van der Waals surface area contributed by atoms with Crippen LogP contribution in [-0.4, -0.2) is 34.5 Å². The lowest BCUT2D eigenvalue weighted by Crippen LogP contribution is -2.51. The van der Waals surface area contributed by atoms with E-state index in [1.54, 1.807) is 0 Å². The summed E-state index contributed by atoms with van der Waals surface area (Å²) in [5.74, 6) is 0.464. The van der Waals surface area contributed by atoms with E-state index < -0.39 is 6.29 Å². The first-order chi connectivity index (χ1) is 8.20. The molecule has 0 radical (unpaired) electrons. The highest BCUT2D eigenvalue weighted by Crippen LogP contribution is 2.29. The molecule has 0 aliphatic carbocycles. The van der Waals surface area contributed by atoms with Gasteiger partial charge in [-0.25, -0.2) is 0 Å². The van der Waals surface area contributed by atoms with Crippen molar-refractivity contribution in [2.45, 2.75) is 26.2 Å². The van der Waals surface area contributed by atoms with Crippen LogP contribution in [0.15, 0.2) is 30.3 Å².